The molecule has 1 aromatic carbocycles. The zero-order chi connectivity index (χ0) is 17.8. The van der Waals surface area contributed by atoms with Crippen LogP contribution in [0.3, 0.4) is 0 Å². The fraction of sp³-hybridized carbons (Fsp3) is 0.474. The molecule has 0 aliphatic carbocycles. The highest BCUT2D eigenvalue weighted by molar-refractivity contribution is 5.43. The molecule has 1 fully saturated rings. The number of methoxy groups -OCH3 is 1. The Bertz CT molecular complexity index is 788. The Balaban J connectivity index is 1.68. The zero-order valence-electron chi connectivity index (χ0n) is 15.0. The van der Waals surface area contributed by atoms with E-state index in [1.807, 2.05) is 26.0 Å². The van der Waals surface area contributed by atoms with Crippen LogP contribution in [0.1, 0.15) is 36.3 Å². The van der Waals surface area contributed by atoms with E-state index in [1.165, 1.54) is 5.56 Å². The summed E-state index contributed by atoms with van der Waals surface area (Å²) in [6.07, 6.45) is 1.02. The SMILES string of the molecule is CCOc1ccc(CN2CC[C@H](c3cc(=O)[nH]c(C)n3)C2)cc1OC. The molecule has 1 aliphatic heterocycles. The predicted octanol–water partition coefficient (Wildman–Crippen LogP) is 2.48. The molecule has 6 heteroatoms. The Hall–Kier alpha value is -2.34. The van der Waals surface area contributed by atoms with E-state index in [4.69, 9.17) is 9.47 Å². The molecular weight excluding hydrogens is 318 g/mol. The summed E-state index contributed by atoms with van der Waals surface area (Å²) in [5, 5.41) is 0. The minimum atomic E-state index is -0.0720. The number of likely N-dealkylation sites (tertiary alicyclic amines) is 1. The van der Waals surface area contributed by atoms with Crippen molar-refractivity contribution in [3.05, 3.63) is 51.7 Å². The number of hydrogen-bond donors (Lipinski definition) is 1. The van der Waals surface area contributed by atoms with Crippen LogP contribution in [0.25, 0.3) is 0 Å². The molecule has 1 N–H and O–H groups in total. The average Bonchev–Trinajstić information content (AvgIpc) is 3.04. The second-order valence-electron chi connectivity index (χ2n) is 6.39. The van der Waals surface area contributed by atoms with Gasteiger partial charge in [0.25, 0.3) is 5.56 Å². The zero-order valence-corrected chi connectivity index (χ0v) is 15.0. The molecule has 6 nitrogen and oxygen atoms in total. The van der Waals surface area contributed by atoms with Gasteiger partial charge in [-0.15, -0.1) is 0 Å². The average molecular weight is 343 g/mol. The second-order valence-corrected chi connectivity index (χ2v) is 6.39. The molecular formula is C19H25N3O3. The maximum Gasteiger partial charge on any atom is 0.251 e. The van der Waals surface area contributed by atoms with Crippen LogP contribution in [0.4, 0.5) is 0 Å². The normalized spacial score (nSPS) is 17.6. The van der Waals surface area contributed by atoms with E-state index in [0.717, 1.165) is 43.2 Å². The summed E-state index contributed by atoms with van der Waals surface area (Å²) in [5.41, 5.74) is 2.02. The number of aryl methyl sites for hydroxylation is 1. The van der Waals surface area contributed by atoms with Crippen LogP contribution in [0.5, 0.6) is 11.5 Å². The first-order valence-electron chi connectivity index (χ1n) is 8.69. The van der Waals surface area contributed by atoms with Crippen LogP contribution >= 0.6 is 0 Å². The summed E-state index contributed by atoms with van der Waals surface area (Å²) >= 11 is 0. The van der Waals surface area contributed by atoms with Crippen molar-refractivity contribution in [2.75, 3.05) is 26.8 Å². The van der Waals surface area contributed by atoms with E-state index in [9.17, 15) is 4.79 Å². The largest absolute Gasteiger partial charge is 0.493 e. The highest BCUT2D eigenvalue weighted by Gasteiger charge is 2.25. The number of nitrogens with zero attached hydrogens (tertiary/aromatic N) is 2. The Kier molecular flexibility index (Phi) is 5.38. The Morgan fingerprint density at radius 2 is 2.16 bits per heavy atom. The quantitative estimate of drug-likeness (QED) is 0.873. The molecule has 0 saturated carbocycles. The molecule has 3 rings (SSSR count). The standard InChI is InChI=1S/C19H25N3O3/c1-4-25-17-6-5-14(9-18(17)24-3)11-22-8-7-15(12-22)16-10-19(23)21-13(2)20-16/h5-6,9-10,15H,4,7-8,11-12H2,1-3H3,(H,20,21,23)/t15-/m0/s1. The van der Waals surface area contributed by atoms with Gasteiger partial charge in [-0.2, -0.15) is 0 Å². The van der Waals surface area contributed by atoms with Crippen molar-refractivity contribution in [2.45, 2.75) is 32.7 Å². The highest BCUT2D eigenvalue weighted by atomic mass is 16.5. The molecule has 134 valence electrons. The Morgan fingerprint density at radius 1 is 1.32 bits per heavy atom. The molecule has 2 aromatic rings. The van der Waals surface area contributed by atoms with Gasteiger partial charge in [-0.1, -0.05) is 6.07 Å². The fourth-order valence-corrected chi connectivity index (χ4v) is 3.37. The number of benzene rings is 1. The van der Waals surface area contributed by atoms with E-state index >= 15 is 0 Å². The summed E-state index contributed by atoms with van der Waals surface area (Å²) in [4.78, 5) is 21.3. The van der Waals surface area contributed by atoms with E-state index in [2.05, 4.69) is 20.9 Å². The van der Waals surface area contributed by atoms with Gasteiger partial charge in [0, 0.05) is 25.1 Å². The first-order valence-corrected chi connectivity index (χ1v) is 8.69. The summed E-state index contributed by atoms with van der Waals surface area (Å²) < 4.78 is 11.0. The van der Waals surface area contributed by atoms with Gasteiger partial charge >= 0.3 is 0 Å². The van der Waals surface area contributed by atoms with Gasteiger partial charge < -0.3 is 14.5 Å². The Morgan fingerprint density at radius 3 is 2.88 bits per heavy atom. The van der Waals surface area contributed by atoms with E-state index in [-0.39, 0.29) is 5.56 Å². The van der Waals surface area contributed by atoms with Gasteiger partial charge in [-0.3, -0.25) is 9.69 Å². The topological polar surface area (TPSA) is 67.5 Å². The van der Waals surface area contributed by atoms with Crippen molar-refractivity contribution in [3.8, 4) is 11.5 Å². The second kappa shape index (κ2) is 7.70. The summed E-state index contributed by atoms with van der Waals surface area (Å²) in [5.74, 6) is 2.53. The number of nitrogens with one attached hydrogen (secondary N) is 1. The molecule has 25 heavy (non-hydrogen) atoms. The number of rotatable bonds is 6. The van der Waals surface area contributed by atoms with E-state index < -0.39 is 0 Å². The highest BCUT2D eigenvalue weighted by Crippen LogP contribution is 2.30. The lowest BCUT2D eigenvalue weighted by atomic mass is 10.0. The van der Waals surface area contributed by atoms with Crippen LogP contribution in [-0.2, 0) is 6.54 Å². The predicted molar refractivity (Wildman–Crippen MR) is 96.4 cm³/mol. The summed E-state index contributed by atoms with van der Waals surface area (Å²) in [6.45, 7) is 7.15. The first-order chi connectivity index (χ1) is 12.1. The van der Waals surface area contributed by atoms with Gasteiger partial charge in [0.05, 0.1) is 19.4 Å². The molecule has 1 saturated heterocycles. The van der Waals surface area contributed by atoms with Crippen molar-refractivity contribution in [3.63, 3.8) is 0 Å². The van der Waals surface area contributed by atoms with Crippen molar-refractivity contribution < 1.29 is 9.47 Å². The monoisotopic (exact) mass is 343 g/mol. The van der Waals surface area contributed by atoms with Gasteiger partial charge in [0.1, 0.15) is 5.82 Å². The van der Waals surface area contributed by atoms with Crippen LogP contribution in [0.2, 0.25) is 0 Å². The van der Waals surface area contributed by atoms with E-state index in [0.29, 0.717) is 18.3 Å². The minimum Gasteiger partial charge on any atom is -0.493 e. The number of H-pyrrole nitrogens is 1. The van der Waals surface area contributed by atoms with Crippen molar-refractivity contribution in [2.24, 2.45) is 0 Å². The van der Waals surface area contributed by atoms with E-state index in [1.54, 1.807) is 13.2 Å². The number of aromatic amines is 1. The van der Waals surface area contributed by atoms with Gasteiger partial charge in [-0.05, 0) is 44.5 Å². The molecule has 1 atom stereocenters. The molecule has 0 amide bonds. The third kappa shape index (κ3) is 4.20. The fourth-order valence-electron chi connectivity index (χ4n) is 3.37. The summed E-state index contributed by atoms with van der Waals surface area (Å²) in [7, 11) is 1.66. The number of hydrogen-bond acceptors (Lipinski definition) is 5. The molecule has 1 aromatic heterocycles. The van der Waals surface area contributed by atoms with Gasteiger partial charge in [0.15, 0.2) is 11.5 Å². The third-order valence-corrected chi connectivity index (χ3v) is 4.50. The maximum atomic E-state index is 11.7. The van der Waals surface area contributed by atoms with Gasteiger partial charge in [0.2, 0.25) is 0 Å². The summed E-state index contributed by atoms with van der Waals surface area (Å²) in [6, 6.07) is 7.71. The number of ether oxygens (including phenoxy) is 2. The van der Waals surface area contributed by atoms with Crippen LogP contribution in [-0.4, -0.2) is 41.7 Å². The number of aromatic nitrogens is 2. The molecule has 0 bridgehead atoms. The van der Waals surface area contributed by atoms with Crippen molar-refractivity contribution in [1.29, 1.82) is 0 Å². The third-order valence-electron chi connectivity index (χ3n) is 4.50. The lowest BCUT2D eigenvalue weighted by molar-refractivity contribution is 0.307. The molecule has 2 heterocycles. The van der Waals surface area contributed by atoms with Crippen LogP contribution in [0, 0.1) is 6.92 Å². The molecule has 1 aliphatic rings. The molecule has 0 unspecified atom stereocenters. The van der Waals surface area contributed by atoms with Crippen LogP contribution < -0.4 is 15.0 Å². The lowest BCUT2D eigenvalue weighted by Crippen LogP contribution is -2.21. The Labute approximate surface area is 147 Å². The molecule has 0 radical (unpaired) electrons. The first kappa shape index (κ1) is 17.5. The van der Waals surface area contributed by atoms with Crippen molar-refractivity contribution >= 4 is 0 Å². The van der Waals surface area contributed by atoms with Crippen LogP contribution in [0.15, 0.2) is 29.1 Å². The van der Waals surface area contributed by atoms with Crippen molar-refractivity contribution in [1.82, 2.24) is 14.9 Å². The smallest absolute Gasteiger partial charge is 0.251 e. The van der Waals surface area contributed by atoms with Gasteiger partial charge in [-0.25, -0.2) is 4.98 Å². The lowest BCUT2D eigenvalue weighted by Gasteiger charge is -2.17. The molecule has 0 spiro atoms. The maximum absolute atomic E-state index is 11.7. The minimum absolute atomic E-state index is 0.0720.